The molecule has 4 heteroatoms. The van der Waals surface area contributed by atoms with E-state index in [1.165, 1.54) is 10.0 Å². The van der Waals surface area contributed by atoms with Gasteiger partial charge in [-0.15, -0.1) is 0 Å². The summed E-state index contributed by atoms with van der Waals surface area (Å²) in [6.07, 6.45) is 2.32. The maximum atomic E-state index is 3.75. The largest absolute Gasteiger partial charge is 0.309 e. The van der Waals surface area contributed by atoms with Crippen molar-refractivity contribution in [1.82, 2.24) is 10.2 Å². The smallest absolute Gasteiger partial charge is 0.0526 e. The number of hydrogen-bond donors (Lipinski definition) is 1. The monoisotopic (exact) mass is 360 g/mol. The summed E-state index contributed by atoms with van der Waals surface area (Å²) in [5.74, 6) is 0. The molecule has 116 valence electrons. The minimum Gasteiger partial charge on any atom is -0.309 e. The van der Waals surface area contributed by atoms with E-state index in [0.717, 1.165) is 32.5 Å². The quantitative estimate of drug-likeness (QED) is 0.661. The summed E-state index contributed by atoms with van der Waals surface area (Å²) in [7, 11) is 0. The average Bonchev–Trinajstić information content (AvgIpc) is 2.89. The van der Waals surface area contributed by atoms with E-state index in [9.17, 15) is 0 Å². The first-order chi connectivity index (χ1) is 9.61. The lowest BCUT2D eigenvalue weighted by Gasteiger charge is -2.48. The lowest BCUT2D eigenvalue weighted by atomic mass is 9.79. The van der Waals surface area contributed by atoms with Crippen molar-refractivity contribution in [2.75, 3.05) is 19.6 Å². The maximum Gasteiger partial charge on any atom is 0.0526 e. The van der Waals surface area contributed by atoms with Gasteiger partial charge in [-0.1, -0.05) is 34.6 Å². The summed E-state index contributed by atoms with van der Waals surface area (Å²) in [5.41, 5.74) is 1.59. The van der Waals surface area contributed by atoms with Gasteiger partial charge in [0.15, 0.2) is 0 Å². The third-order valence-corrected chi connectivity index (χ3v) is 6.27. The molecule has 0 aliphatic rings. The molecule has 0 aromatic carbocycles. The highest BCUT2D eigenvalue weighted by atomic mass is 79.9. The molecule has 0 aliphatic heterocycles. The molecule has 1 N–H and O–H groups in total. The first kappa shape index (κ1) is 18.1. The van der Waals surface area contributed by atoms with Crippen molar-refractivity contribution in [1.29, 1.82) is 0 Å². The van der Waals surface area contributed by atoms with Crippen LogP contribution in [0.4, 0.5) is 0 Å². The third kappa shape index (κ3) is 3.46. The van der Waals surface area contributed by atoms with E-state index in [1.54, 1.807) is 11.3 Å². The van der Waals surface area contributed by atoms with Crippen LogP contribution in [0.2, 0.25) is 0 Å². The van der Waals surface area contributed by atoms with Crippen LogP contribution in [0, 0.1) is 0 Å². The Morgan fingerprint density at radius 1 is 1.15 bits per heavy atom. The predicted molar refractivity (Wildman–Crippen MR) is 94.7 cm³/mol. The summed E-state index contributed by atoms with van der Waals surface area (Å²) in [6.45, 7) is 14.6. The van der Waals surface area contributed by atoms with E-state index >= 15 is 0 Å². The number of likely N-dealkylation sites (N-methyl/N-ethyl adjacent to an activating group) is 2. The van der Waals surface area contributed by atoms with Crippen LogP contribution in [0.5, 0.6) is 0 Å². The van der Waals surface area contributed by atoms with Crippen molar-refractivity contribution >= 4 is 27.3 Å². The van der Waals surface area contributed by atoms with E-state index in [0.29, 0.717) is 6.04 Å². The zero-order valence-corrected chi connectivity index (χ0v) is 15.9. The van der Waals surface area contributed by atoms with E-state index in [-0.39, 0.29) is 5.54 Å². The maximum absolute atomic E-state index is 3.75. The summed E-state index contributed by atoms with van der Waals surface area (Å²) in [6, 6.07) is 0.378. The van der Waals surface area contributed by atoms with E-state index < -0.39 is 0 Å². The first-order valence-corrected chi connectivity index (χ1v) is 9.54. The fraction of sp³-hybridized carbons (Fsp3) is 0.750. The van der Waals surface area contributed by atoms with Gasteiger partial charge in [-0.3, -0.25) is 4.90 Å². The van der Waals surface area contributed by atoms with Crippen LogP contribution in [0.25, 0.3) is 0 Å². The molecule has 0 bridgehead atoms. The van der Waals surface area contributed by atoms with Gasteiger partial charge in [0.2, 0.25) is 0 Å². The van der Waals surface area contributed by atoms with Crippen LogP contribution in [0.15, 0.2) is 15.2 Å². The van der Waals surface area contributed by atoms with Crippen LogP contribution < -0.4 is 5.32 Å². The van der Waals surface area contributed by atoms with Crippen molar-refractivity contribution in [3.05, 3.63) is 20.8 Å². The van der Waals surface area contributed by atoms with Crippen molar-refractivity contribution in [3.8, 4) is 0 Å². The molecular weight excluding hydrogens is 332 g/mol. The first-order valence-electron chi connectivity index (χ1n) is 7.81. The average molecular weight is 361 g/mol. The Hall–Kier alpha value is 0.1000. The Morgan fingerprint density at radius 2 is 1.75 bits per heavy atom. The highest BCUT2D eigenvalue weighted by Gasteiger charge is 2.41. The molecule has 1 aromatic rings. The highest BCUT2D eigenvalue weighted by molar-refractivity contribution is 9.10. The second-order valence-electron chi connectivity index (χ2n) is 5.15. The minimum absolute atomic E-state index is 0.184. The third-order valence-electron chi connectivity index (χ3n) is 4.52. The lowest BCUT2D eigenvalue weighted by Crippen LogP contribution is -2.56. The summed E-state index contributed by atoms with van der Waals surface area (Å²) in [5, 5.41) is 8.24. The van der Waals surface area contributed by atoms with Gasteiger partial charge in [-0.05, 0) is 59.3 Å². The Morgan fingerprint density at radius 3 is 2.10 bits per heavy atom. The second-order valence-corrected chi connectivity index (χ2v) is 6.75. The predicted octanol–water partition coefficient (Wildman–Crippen LogP) is 5.06. The fourth-order valence-corrected chi connectivity index (χ4v) is 4.98. The Labute approximate surface area is 137 Å². The van der Waals surface area contributed by atoms with Gasteiger partial charge in [0.1, 0.15) is 0 Å². The molecule has 1 atom stereocenters. The number of thiophene rings is 1. The number of hydrogen-bond acceptors (Lipinski definition) is 3. The molecule has 20 heavy (non-hydrogen) atoms. The SMILES string of the molecule is CCNC(c1cscc1Br)C(CC)(CC)N(CC)CC. The molecule has 0 saturated carbocycles. The molecule has 1 rings (SSSR count). The molecule has 0 aliphatic carbocycles. The van der Waals surface area contributed by atoms with Crippen molar-refractivity contribution in [2.24, 2.45) is 0 Å². The molecule has 0 spiro atoms. The molecule has 0 amide bonds. The van der Waals surface area contributed by atoms with E-state index in [4.69, 9.17) is 0 Å². The van der Waals surface area contributed by atoms with Crippen LogP contribution in [0.3, 0.4) is 0 Å². The second kappa shape index (κ2) is 8.52. The van der Waals surface area contributed by atoms with Gasteiger partial charge in [-0.25, -0.2) is 0 Å². The Kier molecular flexibility index (Phi) is 7.73. The molecule has 0 saturated heterocycles. The van der Waals surface area contributed by atoms with Crippen LogP contribution in [-0.2, 0) is 0 Å². The Balaban J connectivity index is 3.28. The van der Waals surface area contributed by atoms with Gasteiger partial charge in [0, 0.05) is 15.4 Å². The molecule has 1 aromatic heterocycles. The topological polar surface area (TPSA) is 15.3 Å². The van der Waals surface area contributed by atoms with Gasteiger partial charge in [0.25, 0.3) is 0 Å². The molecule has 0 radical (unpaired) electrons. The van der Waals surface area contributed by atoms with Gasteiger partial charge < -0.3 is 5.32 Å². The van der Waals surface area contributed by atoms with Crippen molar-refractivity contribution < 1.29 is 0 Å². The zero-order valence-electron chi connectivity index (χ0n) is 13.5. The summed E-state index contributed by atoms with van der Waals surface area (Å²) >= 11 is 5.51. The zero-order chi connectivity index (χ0) is 15.2. The highest BCUT2D eigenvalue weighted by Crippen LogP contribution is 2.41. The number of rotatable bonds is 9. The summed E-state index contributed by atoms with van der Waals surface area (Å²) in [4.78, 5) is 2.63. The Bertz CT molecular complexity index is 384. The number of nitrogens with zero attached hydrogens (tertiary/aromatic N) is 1. The molecule has 2 nitrogen and oxygen atoms in total. The lowest BCUT2D eigenvalue weighted by molar-refractivity contribution is 0.0492. The number of halogens is 1. The van der Waals surface area contributed by atoms with Gasteiger partial charge in [-0.2, -0.15) is 11.3 Å². The fourth-order valence-electron chi connectivity index (χ4n) is 3.43. The minimum atomic E-state index is 0.184. The molecule has 1 unspecified atom stereocenters. The molecule has 0 fully saturated rings. The van der Waals surface area contributed by atoms with Crippen LogP contribution >= 0.6 is 27.3 Å². The van der Waals surface area contributed by atoms with Crippen LogP contribution in [-0.4, -0.2) is 30.1 Å². The normalized spacial score (nSPS) is 13.9. The van der Waals surface area contributed by atoms with Crippen molar-refractivity contribution in [3.63, 3.8) is 0 Å². The molecular formula is C16H29BrN2S. The van der Waals surface area contributed by atoms with E-state index in [1.807, 2.05) is 0 Å². The standard InChI is InChI=1S/C16H29BrN2S/c1-6-16(7-2,19(9-4)10-5)15(18-8-3)13-11-20-12-14(13)17/h11-12,15,18H,6-10H2,1-5H3. The summed E-state index contributed by atoms with van der Waals surface area (Å²) < 4.78 is 1.24. The van der Waals surface area contributed by atoms with Crippen molar-refractivity contribution in [2.45, 2.75) is 59.0 Å². The van der Waals surface area contributed by atoms with Crippen LogP contribution in [0.1, 0.15) is 59.1 Å². The number of nitrogens with one attached hydrogen (secondary N) is 1. The van der Waals surface area contributed by atoms with E-state index in [2.05, 4.69) is 71.5 Å². The molecule has 1 heterocycles. The van der Waals surface area contributed by atoms with Gasteiger partial charge >= 0.3 is 0 Å². The van der Waals surface area contributed by atoms with Gasteiger partial charge in [0.05, 0.1) is 6.04 Å².